The number of nitrogens with one attached hydrogen (secondary N) is 2. The van der Waals surface area contributed by atoms with Gasteiger partial charge in [-0.05, 0) is 26.2 Å². The van der Waals surface area contributed by atoms with Crippen molar-refractivity contribution in [3.05, 3.63) is 24.6 Å². The molecule has 0 fully saturated rings. The van der Waals surface area contributed by atoms with E-state index in [1.54, 1.807) is 6.92 Å². The van der Waals surface area contributed by atoms with E-state index in [2.05, 4.69) is 56.0 Å². The Morgan fingerprint density at radius 2 is 1.39 bits per heavy atom. The minimum atomic E-state index is 0.0422. The number of amides is 1. The van der Waals surface area contributed by atoms with Crippen LogP contribution in [0, 0.1) is 0 Å². The molecule has 1 heterocycles. The fourth-order valence-electron chi connectivity index (χ4n) is 5.22. The highest BCUT2D eigenvalue weighted by molar-refractivity contribution is 5.72. The number of hydrogen-bond donors (Lipinski definition) is 2. The van der Waals surface area contributed by atoms with Gasteiger partial charge in [-0.15, -0.1) is 0 Å². The van der Waals surface area contributed by atoms with Crippen molar-refractivity contribution in [3.8, 4) is 0 Å². The lowest BCUT2D eigenvalue weighted by atomic mass is 10.0. The number of carbonyl (C=O) groups is 1. The molecule has 0 aromatic heterocycles. The first-order chi connectivity index (χ1) is 16.1. The maximum atomic E-state index is 11.5. The molecule has 1 aliphatic rings. The normalized spacial score (nSPS) is 20.9. The Labute approximate surface area is 206 Å². The third kappa shape index (κ3) is 12.7. The first-order valence-corrected chi connectivity index (χ1v) is 14.3. The Morgan fingerprint density at radius 3 is 1.91 bits per heavy atom. The molecule has 0 radical (unpaired) electrons. The quantitative estimate of drug-likeness (QED) is 0.103. The van der Waals surface area contributed by atoms with Crippen LogP contribution < -0.4 is 10.6 Å². The van der Waals surface area contributed by atoms with Gasteiger partial charge in [0.1, 0.15) is 6.20 Å². The molecule has 0 aromatic carbocycles. The fourth-order valence-corrected chi connectivity index (χ4v) is 5.22. The van der Waals surface area contributed by atoms with Crippen molar-refractivity contribution in [2.75, 3.05) is 6.54 Å². The molecule has 3 atom stereocenters. The standard InChI is InChI=1S/C29H55N3O/c1-5-7-8-9-10-11-12-13-14-15-16-17-18-19-20-21-22-23-24-29-30-25-26-32(29,6-2)27(3)31-28(4)33/h21-22,25-27,29-30H,5-20,23-24H2,1-4H3/p+1/b22-21+. The smallest absolute Gasteiger partial charge is 0.221 e. The van der Waals surface area contributed by atoms with Gasteiger partial charge in [0.15, 0.2) is 12.3 Å². The fraction of sp³-hybridized carbons (Fsp3) is 0.828. The van der Waals surface area contributed by atoms with Crippen LogP contribution in [-0.4, -0.2) is 29.3 Å². The summed E-state index contributed by atoms with van der Waals surface area (Å²) in [7, 11) is 0. The molecule has 192 valence electrons. The molecule has 1 aliphatic heterocycles. The van der Waals surface area contributed by atoms with Crippen molar-refractivity contribution < 1.29 is 9.28 Å². The van der Waals surface area contributed by atoms with Gasteiger partial charge < -0.3 is 10.6 Å². The zero-order valence-electron chi connectivity index (χ0n) is 22.5. The molecule has 1 amide bonds. The van der Waals surface area contributed by atoms with Gasteiger partial charge in [-0.1, -0.05) is 103 Å². The Hall–Kier alpha value is -1.29. The SMILES string of the molecule is CCCCCCCCCCCCCCCC/C=C/CCC1NC=C[N+]1(CC)C(C)NC(C)=O. The monoisotopic (exact) mass is 462 g/mol. The predicted molar refractivity (Wildman–Crippen MR) is 143 cm³/mol. The number of carbonyl (C=O) groups excluding carboxylic acids is 1. The van der Waals surface area contributed by atoms with Crippen LogP contribution in [0.3, 0.4) is 0 Å². The van der Waals surface area contributed by atoms with Crippen molar-refractivity contribution >= 4 is 5.91 Å². The third-order valence-corrected chi connectivity index (χ3v) is 7.40. The van der Waals surface area contributed by atoms with Gasteiger partial charge in [-0.2, -0.15) is 0 Å². The Bertz CT molecular complexity index is 545. The summed E-state index contributed by atoms with van der Waals surface area (Å²) in [6, 6.07) is 0. The average molecular weight is 463 g/mol. The zero-order valence-corrected chi connectivity index (χ0v) is 22.5. The highest BCUT2D eigenvalue weighted by Gasteiger charge is 2.41. The number of unbranched alkanes of at least 4 members (excludes halogenated alkanes) is 14. The van der Waals surface area contributed by atoms with Gasteiger partial charge >= 0.3 is 0 Å². The van der Waals surface area contributed by atoms with Crippen molar-refractivity contribution in [2.45, 2.75) is 149 Å². The number of hydrogen-bond acceptors (Lipinski definition) is 2. The number of nitrogens with zero attached hydrogens (tertiary/aromatic N) is 1. The number of rotatable bonds is 21. The summed E-state index contributed by atoms with van der Waals surface area (Å²) >= 11 is 0. The summed E-state index contributed by atoms with van der Waals surface area (Å²) in [6.07, 6.45) is 32.7. The third-order valence-electron chi connectivity index (χ3n) is 7.40. The lowest BCUT2D eigenvalue weighted by molar-refractivity contribution is -0.923. The minimum absolute atomic E-state index is 0.0422. The molecule has 3 unspecified atom stereocenters. The molecule has 0 aliphatic carbocycles. The second-order valence-electron chi connectivity index (χ2n) is 10.1. The highest BCUT2D eigenvalue weighted by Crippen LogP contribution is 2.25. The van der Waals surface area contributed by atoms with Crippen LogP contribution in [0.2, 0.25) is 0 Å². The lowest BCUT2D eigenvalue weighted by Crippen LogP contribution is -2.62. The van der Waals surface area contributed by atoms with Gasteiger partial charge in [0, 0.05) is 20.3 Å². The molecule has 0 saturated carbocycles. The zero-order chi connectivity index (χ0) is 24.2. The summed E-state index contributed by atoms with van der Waals surface area (Å²) in [4.78, 5) is 11.5. The van der Waals surface area contributed by atoms with Gasteiger partial charge in [0.2, 0.25) is 5.91 Å². The van der Waals surface area contributed by atoms with Gasteiger partial charge in [-0.25, -0.2) is 0 Å². The molecule has 0 bridgehead atoms. The first kappa shape index (κ1) is 29.7. The molecular formula is C29H56N3O+. The van der Waals surface area contributed by atoms with Gasteiger partial charge in [-0.3, -0.25) is 9.28 Å². The predicted octanol–water partition coefficient (Wildman–Crippen LogP) is 7.91. The van der Waals surface area contributed by atoms with Crippen LogP contribution in [0.4, 0.5) is 0 Å². The van der Waals surface area contributed by atoms with Crippen molar-refractivity contribution in [1.82, 2.24) is 10.6 Å². The molecule has 0 saturated heterocycles. The maximum absolute atomic E-state index is 11.5. The van der Waals surface area contributed by atoms with E-state index in [0.717, 1.165) is 23.9 Å². The Kier molecular flexibility index (Phi) is 17.2. The summed E-state index contributed by atoms with van der Waals surface area (Å²) in [5, 5.41) is 6.61. The van der Waals surface area contributed by atoms with Crippen LogP contribution in [0.15, 0.2) is 24.6 Å². The number of allylic oxidation sites excluding steroid dienone is 2. The molecule has 1 rings (SSSR count). The van der Waals surface area contributed by atoms with Crippen molar-refractivity contribution in [2.24, 2.45) is 0 Å². The summed E-state index contributed by atoms with van der Waals surface area (Å²) < 4.78 is 0.784. The minimum Gasteiger partial charge on any atom is -0.338 e. The van der Waals surface area contributed by atoms with Crippen LogP contribution >= 0.6 is 0 Å². The van der Waals surface area contributed by atoms with Gasteiger partial charge in [0.25, 0.3) is 0 Å². The second kappa shape index (κ2) is 19.1. The van der Waals surface area contributed by atoms with Crippen LogP contribution in [0.1, 0.15) is 137 Å². The molecular weight excluding hydrogens is 406 g/mol. The molecule has 4 heteroatoms. The molecule has 33 heavy (non-hydrogen) atoms. The van der Waals surface area contributed by atoms with E-state index in [1.165, 1.54) is 96.3 Å². The molecule has 0 aromatic rings. The van der Waals surface area contributed by atoms with E-state index < -0.39 is 0 Å². The highest BCUT2D eigenvalue weighted by atomic mass is 16.1. The number of quaternary nitrogens is 1. The summed E-state index contributed by atoms with van der Waals surface area (Å²) in [6.45, 7) is 9.18. The van der Waals surface area contributed by atoms with E-state index in [4.69, 9.17) is 0 Å². The van der Waals surface area contributed by atoms with E-state index in [9.17, 15) is 4.79 Å². The van der Waals surface area contributed by atoms with Crippen LogP contribution in [-0.2, 0) is 4.79 Å². The Balaban J connectivity index is 1.99. The second-order valence-corrected chi connectivity index (χ2v) is 10.1. The van der Waals surface area contributed by atoms with E-state index in [1.807, 2.05) is 0 Å². The van der Waals surface area contributed by atoms with Crippen molar-refractivity contribution in [1.29, 1.82) is 0 Å². The molecule has 4 nitrogen and oxygen atoms in total. The Morgan fingerprint density at radius 1 is 0.879 bits per heavy atom. The topological polar surface area (TPSA) is 41.1 Å². The first-order valence-electron chi connectivity index (χ1n) is 14.3. The molecule has 0 spiro atoms. The molecule has 2 N–H and O–H groups in total. The summed E-state index contributed by atoms with van der Waals surface area (Å²) in [5.41, 5.74) is 0. The lowest BCUT2D eigenvalue weighted by Gasteiger charge is -2.41. The maximum Gasteiger partial charge on any atom is 0.221 e. The van der Waals surface area contributed by atoms with Gasteiger partial charge in [0.05, 0.1) is 12.7 Å². The summed E-state index contributed by atoms with van der Waals surface area (Å²) in [5.74, 6) is 0.0422. The van der Waals surface area contributed by atoms with Crippen molar-refractivity contribution in [3.63, 3.8) is 0 Å². The van der Waals surface area contributed by atoms with Crippen LogP contribution in [0.5, 0.6) is 0 Å². The van der Waals surface area contributed by atoms with E-state index >= 15 is 0 Å². The largest absolute Gasteiger partial charge is 0.338 e. The average Bonchev–Trinajstić information content (AvgIpc) is 3.22. The van der Waals surface area contributed by atoms with E-state index in [-0.39, 0.29) is 12.1 Å². The van der Waals surface area contributed by atoms with Crippen LogP contribution in [0.25, 0.3) is 0 Å². The van der Waals surface area contributed by atoms with E-state index in [0.29, 0.717) is 6.17 Å².